The topological polar surface area (TPSA) is 84.5 Å². The first kappa shape index (κ1) is 24.9. The smallest absolute Gasteiger partial charge is 0.232 e. The number of halogens is 1. The highest BCUT2D eigenvalue weighted by Gasteiger charge is 2.34. The highest BCUT2D eigenvalue weighted by Crippen LogP contribution is 2.33. The zero-order chi connectivity index (χ0) is 24.1. The number of carbonyl (C=O) groups is 1. The third kappa shape index (κ3) is 6.27. The Morgan fingerprint density at radius 3 is 2.85 bits per heavy atom. The molecule has 1 amide bonds. The fourth-order valence-corrected chi connectivity index (χ4v) is 4.72. The fraction of sp³-hybridized carbons (Fsp3) is 0.538. The first-order valence-electron chi connectivity index (χ1n) is 12.1. The van der Waals surface area contributed by atoms with E-state index in [0.29, 0.717) is 23.9 Å². The van der Waals surface area contributed by atoms with E-state index in [9.17, 15) is 4.79 Å². The monoisotopic (exact) mass is 486 g/mol. The van der Waals surface area contributed by atoms with E-state index in [2.05, 4.69) is 40.0 Å². The molecule has 2 saturated heterocycles. The van der Waals surface area contributed by atoms with Gasteiger partial charge < -0.3 is 25.4 Å². The van der Waals surface area contributed by atoms with E-state index in [0.717, 1.165) is 49.4 Å². The number of nitrogens with one attached hydrogen (secondary N) is 3. The van der Waals surface area contributed by atoms with Crippen LogP contribution in [0.2, 0.25) is 5.02 Å². The van der Waals surface area contributed by atoms with Crippen LogP contribution in [0, 0.1) is 11.3 Å². The number of aromatic nitrogens is 1. The molecule has 0 bridgehead atoms. The van der Waals surface area contributed by atoms with Crippen molar-refractivity contribution in [2.45, 2.75) is 45.8 Å². The van der Waals surface area contributed by atoms with Crippen molar-refractivity contribution in [3.05, 3.63) is 41.6 Å². The molecule has 2 fully saturated rings. The molecule has 0 aliphatic carbocycles. The lowest BCUT2D eigenvalue weighted by Gasteiger charge is -2.34. The van der Waals surface area contributed by atoms with Crippen molar-refractivity contribution in [1.82, 2.24) is 10.3 Å². The molecule has 2 aliphatic rings. The van der Waals surface area contributed by atoms with Crippen LogP contribution in [-0.4, -0.2) is 55.9 Å². The molecule has 8 heteroatoms. The quantitative estimate of drug-likeness (QED) is 0.506. The van der Waals surface area contributed by atoms with E-state index in [1.54, 1.807) is 6.20 Å². The van der Waals surface area contributed by atoms with Gasteiger partial charge in [0.25, 0.3) is 0 Å². The number of amides is 1. The summed E-state index contributed by atoms with van der Waals surface area (Å²) in [6.07, 6.45) is 3.62. The van der Waals surface area contributed by atoms with Crippen molar-refractivity contribution in [2.75, 3.05) is 43.5 Å². The van der Waals surface area contributed by atoms with Gasteiger partial charge in [-0.2, -0.15) is 0 Å². The molecule has 2 unspecified atom stereocenters. The number of carbonyl (C=O) groups excluding carboxylic acids is 1. The van der Waals surface area contributed by atoms with Crippen LogP contribution in [0.5, 0.6) is 0 Å². The third-order valence-corrected chi connectivity index (χ3v) is 6.94. The Bertz CT molecular complexity index is 994. The zero-order valence-corrected chi connectivity index (χ0v) is 21.0. The minimum absolute atomic E-state index is 0.0652. The van der Waals surface area contributed by atoms with E-state index < -0.39 is 0 Å². The number of hydrogen-bond acceptors (Lipinski definition) is 6. The molecule has 0 spiro atoms. The van der Waals surface area contributed by atoms with Crippen LogP contribution in [0.25, 0.3) is 11.1 Å². The number of pyridine rings is 1. The van der Waals surface area contributed by atoms with Crippen molar-refractivity contribution in [2.24, 2.45) is 11.3 Å². The first-order valence-corrected chi connectivity index (χ1v) is 12.5. The molecule has 1 aromatic heterocycles. The number of benzene rings is 1. The third-order valence-electron chi connectivity index (χ3n) is 6.64. The molecule has 2 atom stereocenters. The second-order valence-electron chi connectivity index (χ2n) is 9.88. The van der Waals surface area contributed by atoms with E-state index in [1.165, 1.54) is 0 Å². The molecule has 184 valence electrons. The van der Waals surface area contributed by atoms with Crippen LogP contribution in [0.1, 0.15) is 33.6 Å². The summed E-state index contributed by atoms with van der Waals surface area (Å²) >= 11 is 6.51. The standard InChI is InChI=1S/C26H35ClN4O3/c1-17(2)34-23-15-28-13-21(23)25(32)31-24-12-20(22(27)14-29-24)18-5-4-6-19(11-18)30-16-26(3)7-9-33-10-8-26/h4-6,11-12,14,17,21,23,28,30H,7-10,13,15-16H2,1-3H3,(H,29,31,32). The van der Waals surface area contributed by atoms with Gasteiger partial charge in [0.1, 0.15) is 5.82 Å². The lowest BCUT2D eigenvalue weighted by atomic mass is 9.82. The Kier molecular flexibility index (Phi) is 8.09. The van der Waals surface area contributed by atoms with E-state index in [4.69, 9.17) is 21.1 Å². The normalized spacial score (nSPS) is 22.0. The molecule has 3 N–H and O–H groups in total. The minimum atomic E-state index is -0.262. The van der Waals surface area contributed by atoms with Gasteiger partial charge in [-0.15, -0.1) is 0 Å². The van der Waals surface area contributed by atoms with Gasteiger partial charge in [-0.3, -0.25) is 4.79 Å². The van der Waals surface area contributed by atoms with Gasteiger partial charge in [-0.25, -0.2) is 4.98 Å². The maximum Gasteiger partial charge on any atom is 0.232 e. The van der Waals surface area contributed by atoms with Gasteiger partial charge in [-0.05, 0) is 55.9 Å². The molecule has 0 saturated carbocycles. The Morgan fingerprint density at radius 2 is 2.09 bits per heavy atom. The summed E-state index contributed by atoms with van der Waals surface area (Å²) in [4.78, 5) is 17.3. The molecular weight excluding hydrogens is 452 g/mol. The average molecular weight is 487 g/mol. The second-order valence-corrected chi connectivity index (χ2v) is 10.3. The van der Waals surface area contributed by atoms with Crippen molar-refractivity contribution in [3.8, 4) is 11.1 Å². The van der Waals surface area contributed by atoms with Gasteiger partial charge in [0.2, 0.25) is 5.91 Å². The van der Waals surface area contributed by atoms with Crippen LogP contribution in [0.15, 0.2) is 36.5 Å². The Hall–Kier alpha value is -2.19. The summed E-state index contributed by atoms with van der Waals surface area (Å²) < 4.78 is 11.4. The van der Waals surface area contributed by atoms with E-state index >= 15 is 0 Å². The molecule has 4 rings (SSSR count). The van der Waals surface area contributed by atoms with Crippen molar-refractivity contribution >= 4 is 29.0 Å². The van der Waals surface area contributed by atoms with Gasteiger partial charge in [0, 0.05) is 50.3 Å². The second kappa shape index (κ2) is 11.0. The summed E-state index contributed by atoms with van der Waals surface area (Å²) in [6.45, 7) is 10.0. The molecule has 7 nitrogen and oxygen atoms in total. The van der Waals surface area contributed by atoms with Gasteiger partial charge >= 0.3 is 0 Å². The van der Waals surface area contributed by atoms with Gasteiger partial charge in [-0.1, -0.05) is 30.7 Å². The van der Waals surface area contributed by atoms with Crippen LogP contribution < -0.4 is 16.0 Å². The maximum atomic E-state index is 12.9. The van der Waals surface area contributed by atoms with Crippen molar-refractivity contribution < 1.29 is 14.3 Å². The van der Waals surface area contributed by atoms with E-state index in [1.807, 2.05) is 32.0 Å². The van der Waals surface area contributed by atoms with Crippen molar-refractivity contribution in [3.63, 3.8) is 0 Å². The van der Waals surface area contributed by atoms with Crippen LogP contribution in [0.4, 0.5) is 11.5 Å². The number of ether oxygens (including phenoxy) is 2. The molecule has 34 heavy (non-hydrogen) atoms. The van der Waals surface area contributed by atoms with Crippen LogP contribution >= 0.6 is 11.6 Å². The molecule has 3 heterocycles. The molecule has 0 radical (unpaired) electrons. The fourth-order valence-electron chi connectivity index (χ4n) is 4.51. The average Bonchev–Trinajstić information content (AvgIpc) is 3.27. The Morgan fingerprint density at radius 1 is 1.29 bits per heavy atom. The predicted molar refractivity (Wildman–Crippen MR) is 136 cm³/mol. The highest BCUT2D eigenvalue weighted by atomic mass is 35.5. The molecular formula is C26H35ClN4O3. The number of rotatable bonds is 8. The molecule has 2 aromatic rings. The highest BCUT2D eigenvalue weighted by molar-refractivity contribution is 6.33. The first-order chi connectivity index (χ1) is 16.3. The maximum absolute atomic E-state index is 12.9. The number of hydrogen-bond donors (Lipinski definition) is 3. The lowest BCUT2D eigenvalue weighted by molar-refractivity contribution is -0.124. The van der Waals surface area contributed by atoms with E-state index in [-0.39, 0.29) is 29.4 Å². The zero-order valence-electron chi connectivity index (χ0n) is 20.2. The number of anilines is 2. The molecule has 2 aliphatic heterocycles. The predicted octanol–water partition coefficient (Wildman–Crippen LogP) is 4.58. The van der Waals surface area contributed by atoms with Gasteiger partial charge in [0.15, 0.2) is 0 Å². The Labute approximate surface area is 207 Å². The summed E-state index contributed by atoms with van der Waals surface area (Å²) in [5, 5.41) is 10.3. The minimum Gasteiger partial charge on any atom is -0.384 e. The van der Waals surface area contributed by atoms with Crippen LogP contribution in [-0.2, 0) is 14.3 Å². The largest absolute Gasteiger partial charge is 0.384 e. The van der Waals surface area contributed by atoms with Crippen molar-refractivity contribution in [1.29, 1.82) is 0 Å². The summed E-state index contributed by atoms with van der Waals surface area (Å²) in [7, 11) is 0. The lowest BCUT2D eigenvalue weighted by Crippen LogP contribution is -2.35. The van der Waals surface area contributed by atoms with Gasteiger partial charge in [0.05, 0.1) is 23.1 Å². The summed E-state index contributed by atoms with van der Waals surface area (Å²) in [5.41, 5.74) is 3.06. The SMILES string of the molecule is CC(C)OC1CNCC1C(=O)Nc1cc(-c2cccc(NCC3(C)CCOCC3)c2)c(Cl)cn1. The summed E-state index contributed by atoms with van der Waals surface area (Å²) in [5.74, 6) is 0.117. The molecule has 1 aromatic carbocycles. The van der Waals surface area contributed by atoms with Crippen LogP contribution in [0.3, 0.4) is 0 Å². The Balaban J connectivity index is 1.45. The summed E-state index contributed by atoms with van der Waals surface area (Å²) in [6, 6.07) is 10.0. The number of nitrogens with zero attached hydrogens (tertiary/aromatic N) is 1.